The van der Waals surface area contributed by atoms with Gasteiger partial charge in [0.05, 0.1) is 5.56 Å². The molecule has 0 saturated carbocycles. The minimum absolute atomic E-state index is 0.0793. The summed E-state index contributed by atoms with van der Waals surface area (Å²) in [6, 6.07) is 10.7. The summed E-state index contributed by atoms with van der Waals surface area (Å²) in [4.78, 5) is 10.4. The highest BCUT2D eigenvalue weighted by Gasteiger charge is 2.25. The van der Waals surface area contributed by atoms with Gasteiger partial charge in [-0.2, -0.15) is 0 Å². The van der Waals surface area contributed by atoms with Crippen LogP contribution in [0.15, 0.2) is 47.4 Å². The molecule has 0 aromatic heterocycles. The minimum Gasteiger partial charge on any atom is -0.366 e. The number of primary amides is 1. The predicted octanol–water partition coefficient (Wildman–Crippen LogP) is 1.24. The zero-order chi connectivity index (χ0) is 14.9. The second kappa shape index (κ2) is 5.03. The van der Waals surface area contributed by atoms with E-state index in [4.69, 9.17) is 10.9 Å². The van der Waals surface area contributed by atoms with E-state index < -0.39 is 32.2 Å². The maximum atomic E-state index is 14.2. The van der Waals surface area contributed by atoms with Gasteiger partial charge in [-0.05, 0) is 11.6 Å². The maximum Gasteiger partial charge on any atom is 0.251 e. The molecular formula is C13H11FN2O3S. The average Bonchev–Trinajstić information content (AvgIpc) is 2.37. The fourth-order valence-corrected chi connectivity index (χ4v) is 2.72. The summed E-state index contributed by atoms with van der Waals surface area (Å²) in [5, 5.41) is 5.04. The fourth-order valence-electron chi connectivity index (χ4n) is 1.87. The Kier molecular flexibility index (Phi) is 3.56. The molecule has 0 aliphatic heterocycles. The predicted molar refractivity (Wildman–Crippen MR) is 71.7 cm³/mol. The summed E-state index contributed by atoms with van der Waals surface area (Å²) in [6.07, 6.45) is 0. The second-order valence-corrected chi connectivity index (χ2v) is 5.58. The molecule has 0 unspecified atom stereocenters. The summed E-state index contributed by atoms with van der Waals surface area (Å²) in [6.45, 7) is 0. The molecule has 0 spiro atoms. The van der Waals surface area contributed by atoms with Crippen LogP contribution in [0.1, 0.15) is 10.4 Å². The molecule has 4 N–H and O–H groups in total. The molecule has 0 aliphatic rings. The lowest BCUT2D eigenvalue weighted by atomic mass is 10.0. The third kappa shape index (κ3) is 2.54. The molecule has 0 atom stereocenters. The van der Waals surface area contributed by atoms with E-state index in [1.807, 2.05) is 0 Å². The molecule has 2 aromatic rings. The molecular weight excluding hydrogens is 283 g/mol. The van der Waals surface area contributed by atoms with Crippen LogP contribution in [0, 0.1) is 5.82 Å². The smallest absolute Gasteiger partial charge is 0.251 e. The van der Waals surface area contributed by atoms with Crippen molar-refractivity contribution in [1.29, 1.82) is 0 Å². The first kappa shape index (κ1) is 14.2. The highest BCUT2D eigenvalue weighted by atomic mass is 32.2. The maximum absolute atomic E-state index is 14.2. The van der Waals surface area contributed by atoms with Crippen molar-refractivity contribution >= 4 is 15.9 Å². The van der Waals surface area contributed by atoms with Crippen LogP contribution in [-0.4, -0.2) is 14.3 Å². The Morgan fingerprint density at radius 3 is 2.15 bits per heavy atom. The molecule has 0 bridgehead atoms. The quantitative estimate of drug-likeness (QED) is 0.890. The first-order valence-corrected chi connectivity index (χ1v) is 7.07. The molecule has 5 nitrogen and oxygen atoms in total. The molecule has 0 aliphatic carbocycles. The Hall–Kier alpha value is -2.25. The summed E-state index contributed by atoms with van der Waals surface area (Å²) in [5.41, 5.74) is 5.02. The van der Waals surface area contributed by atoms with Crippen molar-refractivity contribution in [2.45, 2.75) is 4.90 Å². The summed E-state index contributed by atoms with van der Waals surface area (Å²) < 4.78 is 37.4. The summed E-state index contributed by atoms with van der Waals surface area (Å²) >= 11 is 0. The number of amides is 1. The Bertz CT molecular complexity index is 774. The van der Waals surface area contributed by atoms with Crippen molar-refractivity contribution in [3.63, 3.8) is 0 Å². The van der Waals surface area contributed by atoms with Crippen molar-refractivity contribution in [1.82, 2.24) is 0 Å². The van der Waals surface area contributed by atoms with Gasteiger partial charge in [-0.25, -0.2) is 17.9 Å². The number of hydrogen-bond acceptors (Lipinski definition) is 3. The number of rotatable bonds is 3. The van der Waals surface area contributed by atoms with E-state index in [2.05, 4.69) is 0 Å². The zero-order valence-corrected chi connectivity index (χ0v) is 11.0. The molecule has 2 rings (SSSR count). The molecule has 2 aromatic carbocycles. The largest absolute Gasteiger partial charge is 0.366 e. The van der Waals surface area contributed by atoms with Gasteiger partial charge in [0.1, 0.15) is 4.90 Å². The first-order chi connectivity index (χ1) is 9.32. The Balaban J connectivity index is 2.84. The van der Waals surface area contributed by atoms with E-state index in [9.17, 15) is 17.6 Å². The third-order valence-corrected chi connectivity index (χ3v) is 3.70. The summed E-state index contributed by atoms with van der Waals surface area (Å²) in [5.74, 6) is -2.30. The number of primary sulfonamides is 1. The van der Waals surface area contributed by atoms with Crippen molar-refractivity contribution in [3.8, 4) is 11.1 Å². The zero-order valence-electron chi connectivity index (χ0n) is 10.2. The van der Waals surface area contributed by atoms with Crippen molar-refractivity contribution in [3.05, 3.63) is 53.8 Å². The molecule has 104 valence electrons. The van der Waals surface area contributed by atoms with E-state index in [0.717, 1.165) is 6.07 Å². The molecule has 7 heteroatoms. The number of sulfonamides is 1. The van der Waals surface area contributed by atoms with Crippen LogP contribution in [0.25, 0.3) is 11.1 Å². The lowest BCUT2D eigenvalue weighted by Crippen LogP contribution is -2.20. The number of carbonyl (C=O) groups is 1. The van der Waals surface area contributed by atoms with E-state index in [-0.39, 0.29) is 5.56 Å². The average molecular weight is 294 g/mol. The Morgan fingerprint density at radius 1 is 1.05 bits per heavy atom. The topological polar surface area (TPSA) is 103 Å². The highest BCUT2D eigenvalue weighted by molar-refractivity contribution is 7.89. The fraction of sp³-hybridized carbons (Fsp3) is 0. The first-order valence-electron chi connectivity index (χ1n) is 5.53. The van der Waals surface area contributed by atoms with E-state index in [1.54, 1.807) is 30.3 Å². The van der Waals surface area contributed by atoms with Crippen LogP contribution in [0.5, 0.6) is 0 Å². The van der Waals surface area contributed by atoms with Crippen LogP contribution >= 0.6 is 0 Å². The van der Waals surface area contributed by atoms with Gasteiger partial charge in [0.25, 0.3) is 5.91 Å². The SMILES string of the molecule is NC(=O)c1ccc(-c2ccccc2)c(S(N)(=O)=O)c1F. The van der Waals surface area contributed by atoms with Gasteiger partial charge in [-0.15, -0.1) is 0 Å². The monoisotopic (exact) mass is 294 g/mol. The van der Waals surface area contributed by atoms with Gasteiger partial charge in [0.2, 0.25) is 10.0 Å². The van der Waals surface area contributed by atoms with Crippen LogP contribution in [0.3, 0.4) is 0 Å². The lowest BCUT2D eigenvalue weighted by molar-refractivity contribution is 0.0996. The van der Waals surface area contributed by atoms with Crippen LogP contribution in [0.2, 0.25) is 0 Å². The van der Waals surface area contributed by atoms with E-state index >= 15 is 0 Å². The number of hydrogen-bond donors (Lipinski definition) is 2. The molecule has 0 heterocycles. The van der Waals surface area contributed by atoms with Gasteiger partial charge in [-0.1, -0.05) is 36.4 Å². The highest BCUT2D eigenvalue weighted by Crippen LogP contribution is 2.30. The number of nitrogens with two attached hydrogens (primary N) is 2. The molecule has 0 fully saturated rings. The minimum atomic E-state index is -4.35. The molecule has 0 radical (unpaired) electrons. The Morgan fingerprint density at radius 2 is 1.65 bits per heavy atom. The van der Waals surface area contributed by atoms with Crippen LogP contribution < -0.4 is 10.9 Å². The second-order valence-electron chi connectivity index (χ2n) is 4.08. The number of benzene rings is 2. The number of halogens is 1. The van der Waals surface area contributed by atoms with Crippen molar-refractivity contribution in [2.24, 2.45) is 10.9 Å². The van der Waals surface area contributed by atoms with Gasteiger partial charge >= 0.3 is 0 Å². The third-order valence-electron chi connectivity index (χ3n) is 2.73. The summed E-state index contributed by atoms with van der Waals surface area (Å²) in [7, 11) is -4.35. The molecule has 20 heavy (non-hydrogen) atoms. The standard InChI is InChI=1S/C13H11FN2O3S/c14-11-10(13(15)17)7-6-9(12(11)20(16,18)19)8-4-2-1-3-5-8/h1-7H,(H2,15,17)(H2,16,18,19). The normalized spacial score (nSPS) is 11.3. The van der Waals surface area contributed by atoms with Crippen molar-refractivity contribution in [2.75, 3.05) is 0 Å². The molecule has 0 saturated heterocycles. The van der Waals surface area contributed by atoms with E-state index in [1.165, 1.54) is 6.07 Å². The van der Waals surface area contributed by atoms with Gasteiger partial charge < -0.3 is 5.73 Å². The van der Waals surface area contributed by atoms with Crippen LogP contribution in [-0.2, 0) is 10.0 Å². The van der Waals surface area contributed by atoms with Gasteiger partial charge in [0.15, 0.2) is 5.82 Å². The molecule has 1 amide bonds. The van der Waals surface area contributed by atoms with E-state index in [0.29, 0.717) is 5.56 Å². The lowest BCUT2D eigenvalue weighted by Gasteiger charge is -2.11. The van der Waals surface area contributed by atoms with Gasteiger partial charge in [0, 0.05) is 5.56 Å². The Labute approximate surface area is 115 Å². The number of carbonyl (C=O) groups excluding carboxylic acids is 1. The van der Waals surface area contributed by atoms with Crippen LogP contribution in [0.4, 0.5) is 4.39 Å². The van der Waals surface area contributed by atoms with Gasteiger partial charge in [-0.3, -0.25) is 4.79 Å². The van der Waals surface area contributed by atoms with Crippen molar-refractivity contribution < 1.29 is 17.6 Å².